The van der Waals surface area contributed by atoms with Crippen LogP contribution in [0.15, 0.2) is 60.9 Å². The van der Waals surface area contributed by atoms with Gasteiger partial charge in [0.1, 0.15) is 6.04 Å². The Morgan fingerprint density at radius 1 is 1.12 bits per heavy atom. The van der Waals surface area contributed by atoms with Gasteiger partial charge in [0.05, 0.1) is 29.5 Å². The Morgan fingerprint density at radius 2 is 1.80 bits per heavy atom. The number of nitrogens with zero attached hydrogens (tertiary/aromatic N) is 2. The average molecular weight is 337 g/mol. The van der Waals surface area contributed by atoms with E-state index >= 15 is 0 Å². The first-order chi connectivity index (χ1) is 12.1. The van der Waals surface area contributed by atoms with Crippen LogP contribution in [0.25, 0.3) is 11.0 Å². The number of carbonyl (C=O) groups excluding carboxylic acids is 1. The number of nitrogens with one attached hydrogen (secondary N) is 1. The number of hydrogen-bond acceptors (Lipinski definition) is 3. The Hall–Kier alpha value is -2.66. The Kier molecular flexibility index (Phi) is 5.14. The second-order valence-electron chi connectivity index (χ2n) is 6.37. The van der Waals surface area contributed by atoms with Gasteiger partial charge in [-0.25, -0.2) is 4.98 Å². The summed E-state index contributed by atoms with van der Waals surface area (Å²) in [5, 5.41) is 13.3. The summed E-state index contributed by atoms with van der Waals surface area (Å²) in [6, 6.07) is 16.7. The molecule has 0 bridgehead atoms. The van der Waals surface area contributed by atoms with E-state index in [4.69, 9.17) is 0 Å². The maximum absolute atomic E-state index is 12.6. The molecule has 2 aromatic carbocycles. The molecule has 3 atom stereocenters. The van der Waals surface area contributed by atoms with E-state index in [9.17, 15) is 9.90 Å². The molecular weight excluding hydrogens is 314 g/mol. The predicted octanol–water partition coefficient (Wildman–Crippen LogP) is 2.71. The second-order valence-corrected chi connectivity index (χ2v) is 6.37. The number of fused-ring (bicyclic) bond motifs is 1. The molecule has 130 valence electrons. The van der Waals surface area contributed by atoms with Crippen molar-refractivity contribution in [3.63, 3.8) is 0 Å². The number of aliphatic hydroxyl groups is 1. The van der Waals surface area contributed by atoms with Crippen molar-refractivity contribution < 1.29 is 9.90 Å². The first-order valence-corrected chi connectivity index (χ1v) is 8.50. The number of rotatable bonds is 6. The molecule has 0 saturated heterocycles. The molecule has 0 spiro atoms. The lowest BCUT2D eigenvalue weighted by Crippen LogP contribution is -2.44. The van der Waals surface area contributed by atoms with Crippen molar-refractivity contribution in [3.8, 4) is 0 Å². The number of hydrogen-bond donors (Lipinski definition) is 2. The first kappa shape index (κ1) is 17.2. The van der Waals surface area contributed by atoms with Gasteiger partial charge in [-0.3, -0.25) is 4.79 Å². The second kappa shape index (κ2) is 7.49. The smallest absolute Gasteiger partial charge is 0.243 e. The fraction of sp³-hybridized carbons (Fsp3) is 0.300. The van der Waals surface area contributed by atoms with Crippen molar-refractivity contribution in [2.45, 2.75) is 38.5 Å². The topological polar surface area (TPSA) is 67.2 Å². The van der Waals surface area contributed by atoms with E-state index in [1.807, 2.05) is 73.0 Å². The molecule has 0 aliphatic carbocycles. The van der Waals surface area contributed by atoms with Crippen molar-refractivity contribution in [2.24, 2.45) is 0 Å². The van der Waals surface area contributed by atoms with Gasteiger partial charge in [0.25, 0.3) is 0 Å². The number of aliphatic hydroxyl groups excluding tert-OH is 1. The Morgan fingerprint density at radius 3 is 2.56 bits per heavy atom. The molecule has 0 saturated carbocycles. The van der Waals surface area contributed by atoms with Crippen LogP contribution in [0.2, 0.25) is 0 Å². The van der Waals surface area contributed by atoms with E-state index < -0.39 is 12.1 Å². The van der Waals surface area contributed by atoms with Gasteiger partial charge in [-0.15, -0.1) is 0 Å². The van der Waals surface area contributed by atoms with E-state index in [0.29, 0.717) is 6.42 Å². The number of carbonyl (C=O) groups is 1. The van der Waals surface area contributed by atoms with Gasteiger partial charge >= 0.3 is 0 Å². The third kappa shape index (κ3) is 3.88. The summed E-state index contributed by atoms with van der Waals surface area (Å²) >= 11 is 0. The third-order valence-corrected chi connectivity index (χ3v) is 4.51. The Labute approximate surface area is 147 Å². The highest BCUT2D eigenvalue weighted by Crippen LogP contribution is 2.17. The van der Waals surface area contributed by atoms with Crippen LogP contribution in [0.3, 0.4) is 0 Å². The molecule has 0 radical (unpaired) electrons. The van der Waals surface area contributed by atoms with Crippen LogP contribution in [0, 0.1) is 0 Å². The molecule has 25 heavy (non-hydrogen) atoms. The van der Waals surface area contributed by atoms with Gasteiger partial charge in [-0.1, -0.05) is 42.5 Å². The van der Waals surface area contributed by atoms with Crippen molar-refractivity contribution >= 4 is 16.9 Å². The first-order valence-electron chi connectivity index (χ1n) is 8.50. The van der Waals surface area contributed by atoms with Crippen molar-refractivity contribution in [1.82, 2.24) is 14.9 Å². The third-order valence-electron chi connectivity index (χ3n) is 4.51. The molecule has 5 nitrogen and oxygen atoms in total. The quantitative estimate of drug-likeness (QED) is 0.727. The lowest BCUT2D eigenvalue weighted by molar-refractivity contribution is -0.125. The summed E-state index contributed by atoms with van der Waals surface area (Å²) in [6.45, 7) is 3.66. The highest BCUT2D eigenvalue weighted by Gasteiger charge is 2.22. The standard InChI is InChI=1S/C20H23N3O2/c1-14(19(24)12-16-8-4-3-5-9-16)22-20(25)15(2)23-13-21-17-10-6-7-11-18(17)23/h3-11,13-15,19,24H,12H2,1-2H3,(H,22,25). The zero-order valence-corrected chi connectivity index (χ0v) is 14.5. The van der Waals surface area contributed by atoms with Crippen LogP contribution in [-0.4, -0.2) is 32.7 Å². The molecule has 1 aromatic heterocycles. The zero-order chi connectivity index (χ0) is 17.8. The number of imidazole rings is 1. The van der Waals surface area contributed by atoms with Crippen LogP contribution < -0.4 is 5.32 Å². The number of para-hydroxylation sites is 2. The Balaban J connectivity index is 1.64. The zero-order valence-electron chi connectivity index (χ0n) is 14.5. The van der Waals surface area contributed by atoms with Crippen molar-refractivity contribution in [3.05, 3.63) is 66.5 Å². The predicted molar refractivity (Wildman–Crippen MR) is 98.2 cm³/mol. The number of aromatic nitrogens is 2. The molecule has 0 fully saturated rings. The summed E-state index contributed by atoms with van der Waals surface area (Å²) in [4.78, 5) is 16.9. The largest absolute Gasteiger partial charge is 0.391 e. The molecule has 3 aromatic rings. The summed E-state index contributed by atoms with van der Waals surface area (Å²) in [7, 11) is 0. The van der Waals surface area contributed by atoms with Crippen molar-refractivity contribution in [1.29, 1.82) is 0 Å². The van der Waals surface area contributed by atoms with Crippen LogP contribution >= 0.6 is 0 Å². The maximum atomic E-state index is 12.6. The minimum atomic E-state index is -0.641. The fourth-order valence-electron chi connectivity index (χ4n) is 2.89. The molecule has 2 N–H and O–H groups in total. The van der Waals surface area contributed by atoms with E-state index in [0.717, 1.165) is 16.6 Å². The number of benzene rings is 2. The Bertz CT molecular complexity index is 844. The minimum Gasteiger partial charge on any atom is -0.391 e. The lowest BCUT2D eigenvalue weighted by Gasteiger charge is -2.23. The summed E-state index contributed by atoms with van der Waals surface area (Å²) in [6.07, 6.45) is 1.54. The van der Waals surface area contributed by atoms with E-state index in [1.54, 1.807) is 6.33 Å². The highest BCUT2D eigenvalue weighted by molar-refractivity contribution is 5.83. The van der Waals surface area contributed by atoms with Crippen molar-refractivity contribution in [2.75, 3.05) is 0 Å². The van der Waals surface area contributed by atoms with E-state index in [1.165, 1.54) is 0 Å². The van der Waals surface area contributed by atoms with Gasteiger partial charge < -0.3 is 15.0 Å². The fourth-order valence-corrected chi connectivity index (χ4v) is 2.89. The van der Waals surface area contributed by atoms with Crippen LogP contribution in [0.5, 0.6) is 0 Å². The SMILES string of the molecule is CC(NC(=O)C(C)n1cnc2ccccc21)C(O)Cc1ccccc1. The van der Waals surface area contributed by atoms with Gasteiger partial charge in [0.2, 0.25) is 5.91 Å². The molecular formula is C20H23N3O2. The molecule has 0 aliphatic rings. The number of amides is 1. The summed E-state index contributed by atoms with van der Waals surface area (Å²) in [5.41, 5.74) is 2.83. The monoisotopic (exact) mass is 337 g/mol. The molecule has 0 aliphatic heterocycles. The van der Waals surface area contributed by atoms with Crippen LogP contribution in [0.1, 0.15) is 25.5 Å². The van der Waals surface area contributed by atoms with E-state index in [2.05, 4.69) is 10.3 Å². The van der Waals surface area contributed by atoms with Gasteiger partial charge in [0, 0.05) is 6.42 Å². The average Bonchev–Trinajstić information content (AvgIpc) is 3.05. The van der Waals surface area contributed by atoms with Crippen LogP contribution in [-0.2, 0) is 11.2 Å². The lowest BCUT2D eigenvalue weighted by atomic mass is 10.0. The summed E-state index contributed by atoms with van der Waals surface area (Å²) in [5.74, 6) is -0.136. The van der Waals surface area contributed by atoms with Gasteiger partial charge in [-0.2, -0.15) is 0 Å². The molecule has 3 unspecified atom stereocenters. The molecule has 5 heteroatoms. The minimum absolute atomic E-state index is 0.136. The van der Waals surface area contributed by atoms with Crippen LogP contribution in [0.4, 0.5) is 0 Å². The normalized spacial score (nSPS) is 14.8. The molecule has 3 rings (SSSR count). The molecule has 1 heterocycles. The van der Waals surface area contributed by atoms with Gasteiger partial charge in [0.15, 0.2) is 0 Å². The molecule has 1 amide bonds. The highest BCUT2D eigenvalue weighted by atomic mass is 16.3. The summed E-state index contributed by atoms with van der Waals surface area (Å²) < 4.78 is 1.85. The maximum Gasteiger partial charge on any atom is 0.243 e. The van der Waals surface area contributed by atoms with Gasteiger partial charge in [-0.05, 0) is 31.5 Å². The van der Waals surface area contributed by atoms with E-state index in [-0.39, 0.29) is 11.9 Å².